The molecule has 0 amide bonds. The second-order valence-corrected chi connectivity index (χ2v) is 9.12. The molecule has 0 fully saturated rings. The molecule has 0 saturated heterocycles. The largest absolute Gasteiger partial charge is 0.497 e. The Morgan fingerprint density at radius 1 is 1.03 bits per heavy atom. The molecule has 0 saturated carbocycles. The number of benzene rings is 2. The highest BCUT2D eigenvalue weighted by Crippen LogP contribution is 2.31. The first-order chi connectivity index (χ1) is 13.2. The Hall–Kier alpha value is -2.58. The van der Waals surface area contributed by atoms with Crippen LogP contribution in [-0.2, 0) is 21.1 Å². The van der Waals surface area contributed by atoms with Gasteiger partial charge in [0.1, 0.15) is 11.5 Å². The van der Waals surface area contributed by atoms with Crippen LogP contribution in [-0.4, -0.2) is 38.0 Å². The second-order valence-electron chi connectivity index (χ2n) is 6.74. The zero-order valence-electron chi connectivity index (χ0n) is 17.1. The summed E-state index contributed by atoms with van der Waals surface area (Å²) in [7, 11) is -2.66. The van der Waals surface area contributed by atoms with Crippen molar-refractivity contribution in [2.24, 2.45) is 0 Å². The SMILES string of the molecule is CCCCOc1ccc(CC(C)(C(=O)O)S(=O)(=O)c2ccc(OC)cc2)cc1.N. The maximum Gasteiger partial charge on any atom is 0.325 e. The number of carbonyl (C=O) groups is 1. The van der Waals surface area contributed by atoms with Crippen LogP contribution in [0, 0.1) is 0 Å². The lowest BCUT2D eigenvalue weighted by Crippen LogP contribution is -2.45. The van der Waals surface area contributed by atoms with Crippen LogP contribution in [0.25, 0.3) is 0 Å². The molecule has 0 heterocycles. The molecule has 2 aromatic rings. The van der Waals surface area contributed by atoms with E-state index in [1.54, 1.807) is 24.3 Å². The molecule has 0 aliphatic heterocycles. The van der Waals surface area contributed by atoms with E-state index in [4.69, 9.17) is 9.47 Å². The van der Waals surface area contributed by atoms with Gasteiger partial charge in [0.25, 0.3) is 0 Å². The fourth-order valence-electron chi connectivity index (χ4n) is 2.73. The topological polar surface area (TPSA) is 125 Å². The van der Waals surface area contributed by atoms with Crippen LogP contribution in [0.1, 0.15) is 32.3 Å². The molecule has 0 radical (unpaired) electrons. The van der Waals surface area contributed by atoms with Crippen LogP contribution in [0.4, 0.5) is 0 Å². The molecular formula is C21H29NO6S. The smallest absolute Gasteiger partial charge is 0.325 e. The number of hydrogen-bond donors (Lipinski definition) is 2. The van der Waals surface area contributed by atoms with E-state index in [1.807, 2.05) is 0 Å². The number of ether oxygens (including phenoxy) is 2. The number of rotatable bonds is 10. The van der Waals surface area contributed by atoms with Gasteiger partial charge in [0, 0.05) is 6.42 Å². The molecule has 0 aliphatic carbocycles. The van der Waals surface area contributed by atoms with E-state index in [2.05, 4.69) is 6.92 Å². The van der Waals surface area contributed by atoms with Gasteiger partial charge < -0.3 is 20.7 Å². The van der Waals surface area contributed by atoms with Crippen molar-refractivity contribution in [2.75, 3.05) is 13.7 Å². The summed E-state index contributed by atoms with van der Waals surface area (Å²) in [5.41, 5.74) is 0.602. The summed E-state index contributed by atoms with van der Waals surface area (Å²) in [6.07, 6.45) is 1.81. The molecule has 8 heteroatoms. The summed E-state index contributed by atoms with van der Waals surface area (Å²) < 4.78 is 34.8. The first-order valence-electron chi connectivity index (χ1n) is 9.08. The third-order valence-electron chi connectivity index (χ3n) is 4.65. The summed E-state index contributed by atoms with van der Waals surface area (Å²) in [4.78, 5) is 11.9. The van der Waals surface area contributed by atoms with Crippen LogP contribution in [0.15, 0.2) is 53.4 Å². The lowest BCUT2D eigenvalue weighted by atomic mass is 10.0. The fraction of sp³-hybridized carbons (Fsp3) is 0.381. The van der Waals surface area contributed by atoms with Crippen LogP contribution in [0.5, 0.6) is 11.5 Å². The van der Waals surface area contributed by atoms with Crippen LogP contribution in [0.2, 0.25) is 0 Å². The molecule has 1 unspecified atom stereocenters. The van der Waals surface area contributed by atoms with Crippen molar-refractivity contribution in [1.29, 1.82) is 0 Å². The lowest BCUT2D eigenvalue weighted by molar-refractivity contribution is -0.139. The highest BCUT2D eigenvalue weighted by Gasteiger charge is 2.47. The third-order valence-corrected chi connectivity index (χ3v) is 7.04. The minimum absolute atomic E-state index is 0. The summed E-state index contributed by atoms with van der Waals surface area (Å²) in [5.74, 6) is -0.228. The molecule has 160 valence electrons. The Bertz CT molecular complexity index is 894. The number of carboxylic acids is 1. The fourth-order valence-corrected chi connectivity index (χ4v) is 4.33. The van der Waals surface area contributed by atoms with Gasteiger partial charge in [-0.1, -0.05) is 25.5 Å². The van der Waals surface area contributed by atoms with E-state index in [0.29, 0.717) is 23.7 Å². The quantitative estimate of drug-likeness (QED) is 0.555. The van der Waals surface area contributed by atoms with E-state index < -0.39 is 20.6 Å². The monoisotopic (exact) mass is 423 g/mol. The van der Waals surface area contributed by atoms with Crippen molar-refractivity contribution < 1.29 is 27.8 Å². The van der Waals surface area contributed by atoms with Crippen molar-refractivity contribution >= 4 is 15.8 Å². The summed E-state index contributed by atoms with van der Waals surface area (Å²) in [5, 5.41) is 9.76. The van der Waals surface area contributed by atoms with Gasteiger partial charge in [0.2, 0.25) is 0 Å². The van der Waals surface area contributed by atoms with Crippen molar-refractivity contribution in [1.82, 2.24) is 6.15 Å². The molecule has 2 rings (SSSR count). The Morgan fingerprint density at radius 3 is 2.07 bits per heavy atom. The summed E-state index contributed by atoms with van der Waals surface area (Å²) in [6.45, 7) is 3.91. The standard InChI is InChI=1S/C21H26O6S.H3N/c1-4-5-14-27-18-8-6-16(7-9-18)15-21(2,20(22)23)28(24,25)19-12-10-17(26-3)11-13-19;/h6-13H,4-5,14-15H2,1-3H3,(H,22,23);1H3. The highest BCUT2D eigenvalue weighted by molar-refractivity contribution is 7.93. The van der Waals surface area contributed by atoms with Gasteiger partial charge in [-0.3, -0.25) is 4.79 Å². The Balaban J connectivity index is 0.00000420. The maximum atomic E-state index is 13.1. The molecule has 0 aromatic heterocycles. The number of hydrogen-bond acceptors (Lipinski definition) is 6. The van der Waals surface area contributed by atoms with E-state index >= 15 is 0 Å². The summed E-state index contributed by atoms with van der Waals surface area (Å²) in [6, 6.07) is 12.6. The van der Waals surface area contributed by atoms with E-state index in [1.165, 1.54) is 38.3 Å². The lowest BCUT2D eigenvalue weighted by Gasteiger charge is -2.25. The van der Waals surface area contributed by atoms with E-state index in [-0.39, 0.29) is 17.5 Å². The predicted molar refractivity (Wildman–Crippen MR) is 112 cm³/mol. The predicted octanol–water partition coefficient (Wildman–Crippen LogP) is 3.90. The number of aliphatic carboxylic acids is 1. The average Bonchev–Trinajstić information content (AvgIpc) is 2.69. The molecule has 4 N–H and O–H groups in total. The second kappa shape index (κ2) is 10.3. The molecule has 0 spiro atoms. The van der Waals surface area contributed by atoms with E-state index in [9.17, 15) is 18.3 Å². The normalized spacial score (nSPS) is 13.1. The van der Waals surface area contributed by atoms with Crippen LogP contribution in [0.3, 0.4) is 0 Å². The Labute approximate surface area is 172 Å². The van der Waals surface area contributed by atoms with Gasteiger partial charge in [0.15, 0.2) is 14.6 Å². The highest BCUT2D eigenvalue weighted by atomic mass is 32.2. The molecule has 0 aliphatic rings. The minimum Gasteiger partial charge on any atom is -0.497 e. The number of unbranched alkanes of at least 4 members (excludes halogenated alkanes) is 1. The van der Waals surface area contributed by atoms with Gasteiger partial charge in [0.05, 0.1) is 18.6 Å². The first kappa shape index (κ1) is 24.5. The maximum absolute atomic E-state index is 13.1. The van der Waals surface area contributed by atoms with Gasteiger partial charge in [-0.2, -0.15) is 0 Å². The molecule has 2 aromatic carbocycles. The van der Waals surface area contributed by atoms with Crippen LogP contribution < -0.4 is 15.6 Å². The molecule has 29 heavy (non-hydrogen) atoms. The first-order valence-corrected chi connectivity index (χ1v) is 10.6. The average molecular weight is 424 g/mol. The molecule has 1 atom stereocenters. The minimum atomic E-state index is -4.14. The third kappa shape index (κ3) is 5.48. The van der Waals surface area contributed by atoms with Crippen LogP contribution >= 0.6 is 0 Å². The number of methoxy groups -OCH3 is 1. The Morgan fingerprint density at radius 2 is 1.59 bits per heavy atom. The van der Waals surface area contributed by atoms with Gasteiger partial charge >= 0.3 is 5.97 Å². The molecule has 0 bridgehead atoms. The van der Waals surface area contributed by atoms with Crippen molar-refractivity contribution in [3.63, 3.8) is 0 Å². The Kier molecular flexibility index (Phi) is 8.66. The van der Waals surface area contributed by atoms with Gasteiger partial charge in [-0.25, -0.2) is 8.42 Å². The van der Waals surface area contributed by atoms with Crippen molar-refractivity contribution in [3.05, 3.63) is 54.1 Å². The molecule has 7 nitrogen and oxygen atoms in total. The van der Waals surface area contributed by atoms with Crippen molar-refractivity contribution in [2.45, 2.75) is 42.8 Å². The molecular weight excluding hydrogens is 394 g/mol. The van der Waals surface area contributed by atoms with Crippen molar-refractivity contribution in [3.8, 4) is 11.5 Å². The number of carboxylic acid groups (broad SMARTS) is 1. The number of sulfone groups is 1. The van der Waals surface area contributed by atoms with Gasteiger partial charge in [-0.05, 0) is 55.3 Å². The van der Waals surface area contributed by atoms with E-state index in [0.717, 1.165) is 12.8 Å². The van der Waals surface area contributed by atoms with Gasteiger partial charge in [-0.15, -0.1) is 0 Å². The summed E-state index contributed by atoms with van der Waals surface area (Å²) >= 11 is 0. The zero-order chi connectivity index (χ0) is 20.8. The zero-order valence-corrected chi connectivity index (χ0v) is 17.9.